The van der Waals surface area contributed by atoms with Crippen LogP contribution < -0.4 is 0 Å². The van der Waals surface area contributed by atoms with Gasteiger partial charge in [0.15, 0.2) is 0 Å². The number of hydrogen-bond donors (Lipinski definition) is 0. The summed E-state index contributed by atoms with van der Waals surface area (Å²) in [5, 5.41) is 0. The smallest absolute Gasteiger partial charge is 0.253 e. The van der Waals surface area contributed by atoms with Crippen LogP contribution in [0.25, 0.3) is 0 Å². The summed E-state index contributed by atoms with van der Waals surface area (Å²) in [7, 11) is 0. The third-order valence-corrected chi connectivity index (χ3v) is 3.69. The summed E-state index contributed by atoms with van der Waals surface area (Å²) < 4.78 is 2.29. The van der Waals surface area contributed by atoms with Crippen LogP contribution in [-0.4, -0.2) is 47.5 Å². The maximum absolute atomic E-state index is 12.1. The van der Waals surface area contributed by atoms with Crippen LogP contribution in [0.4, 0.5) is 0 Å². The fourth-order valence-corrected chi connectivity index (χ4v) is 2.37. The van der Waals surface area contributed by atoms with E-state index in [-0.39, 0.29) is 5.91 Å². The summed E-state index contributed by atoms with van der Waals surface area (Å²) in [6, 6.07) is 9.51. The van der Waals surface area contributed by atoms with Gasteiger partial charge in [-0.25, -0.2) is 4.31 Å². The predicted molar refractivity (Wildman–Crippen MR) is 67.4 cm³/mol. The highest BCUT2D eigenvalue weighted by molar-refractivity contribution is 7.96. The number of hydrogen-bond acceptors (Lipinski definition) is 3. The lowest BCUT2D eigenvalue weighted by molar-refractivity contribution is 0.0704. The Hall–Kier alpha value is -1.00. The molecular weight excluding hydrogens is 220 g/mol. The van der Waals surface area contributed by atoms with Crippen LogP contribution in [0.15, 0.2) is 30.3 Å². The van der Waals surface area contributed by atoms with Crippen molar-refractivity contribution >= 4 is 17.9 Å². The molecule has 0 atom stereocenters. The van der Waals surface area contributed by atoms with E-state index in [4.69, 9.17) is 0 Å². The lowest BCUT2D eigenvalue weighted by Crippen LogP contribution is -2.46. The Bertz CT molecular complexity index is 347. The van der Waals surface area contributed by atoms with Gasteiger partial charge >= 0.3 is 0 Å². The van der Waals surface area contributed by atoms with Crippen molar-refractivity contribution in [3.05, 3.63) is 35.9 Å². The quantitative estimate of drug-likeness (QED) is 0.731. The number of carbonyl (C=O) groups excluding carboxylic acids is 1. The van der Waals surface area contributed by atoms with Gasteiger partial charge in [0.1, 0.15) is 0 Å². The Labute approximate surface area is 101 Å². The van der Waals surface area contributed by atoms with Gasteiger partial charge in [-0.2, -0.15) is 0 Å². The number of piperazine rings is 1. The maximum atomic E-state index is 12.1. The largest absolute Gasteiger partial charge is 0.336 e. The second kappa shape index (κ2) is 5.37. The molecule has 0 saturated carbocycles. The van der Waals surface area contributed by atoms with Gasteiger partial charge in [-0.15, -0.1) is 0 Å². The first kappa shape index (κ1) is 11.5. The Morgan fingerprint density at radius 1 is 1.12 bits per heavy atom. The number of carbonyl (C=O) groups is 1. The molecule has 16 heavy (non-hydrogen) atoms. The molecule has 2 rings (SSSR count). The molecule has 4 heteroatoms. The summed E-state index contributed by atoms with van der Waals surface area (Å²) >= 11 is 1.75. The van der Waals surface area contributed by atoms with Gasteiger partial charge in [-0.05, 0) is 18.4 Å². The summed E-state index contributed by atoms with van der Waals surface area (Å²) in [5.74, 6) is 0.154. The molecule has 1 saturated heterocycles. The molecule has 0 N–H and O–H groups in total. The molecule has 0 spiro atoms. The molecule has 1 aromatic carbocycles. The van der Waals surface area contributed by atoms with Crippen molar-refractivity contribution < 1.29 is 4.79 Å². The van der Waals surface area contributed by atoms with Gasteiger partial charge < -0.3 is 4.90 Å². The number of rotatable bonds is 2. The van der Waals surface area contributed by atoms with Gasteiger partial charge in [-0.1, -0.05) is 30.1 Å². The van der Waals surface area contributed by atoms with E-state index in [1.165, 1.54) is 0 Å². The normalized spacial score (nSPS) is 17.4. The average molecular weight is 236 g/mol. The Kier molecular flexibility index (Phi) is 3.85. The zero-order valence-corrected chi connectivity index (χ0v) is 10.2. The molecule has 86 valence electrons. The van der Waals surface area contributed by atoms with E-state index >= 15 is 0 Å². The Balaban J connectivity index is 1.97. The molecule has 0 aliphatic carbocycles. The zero-order chi connectivity index (χ0) is 11.4. The molecule has 0 unspecified atom stereocenters. The molecule has 1 aliphatic heterocycles. The van der Waals surface area contributed by atoms with Crippen LogP contribution in [0.1, 0.15) is 10.4 Å². The number of amides is 1. The average Bonchev–Trinajstić information content (AvgIpc) is 2.39. The molecule has 1 amide bonds. The minimum atomic E-state index is 0.154. The third kappa shape index (κ3) is 2.57. The van der Waals surface area contributed by atoms with Crippen molar-refractivity contribution in [3.8, 4) is 0 Å². The second-order valence-corrected chi connectivity index (χ2v) is 4.65. The van der Waals surface area contributed by atoms with Crippen LogP contribution in [0.3, 0.4) is 0 Å². The van der Waals surface area contributed by atoms with Crippen molar-refractivity contribution in [3.63, 3.8) is 0 Å². The van der Waals surface area contributed by atoms with Gasteiger partial charge in [-0.3, -0.25) is 4.79 Å². The first-order chi connectivity index (χ1) is 7.81. The lowest BCUT2D eigenvalue weighted by Gasteiger charge is -2.33. The van der Waals surface area contributed by atoms with Crippen LogP contribution >= 0.6 is 11.9 Å². The van der Waals surface area contributed by atoms with Gasteiger partial charge in [0, 0.05) is 31.7 Å². The van der Waals surface area contributed by atoms with Gasteiger partial charge in [0.2, 0.25) is 0 Å². The minimum absolute atomic E-state index is 0.154. The summed E-state index contributed by atoms with van der Waals surface area (Å²) in [4.78, 5) is 14.0. The van der Waals surface area contributed by atoms with E-state index < -0.39 is 0 Å². The van der Waals surface area contributed by atoms with Crippen LogP contribution in [-0.2, 0) is 0 Å². The van der Waals surface area contributed by atoms with E-state index in [1.807, 2.05) is 35.2 Å². The Morgan fingerprint density at radius 2 is 1.75 bits per heavy atom. The standard InChI is InChI=1S/C12H16N2OS/c1-16-14-9-7-13(8-10-14)12(15)11-5-3-2-4-6-11/h2-6H,7-10H2,1H3. The highest BCUT2D eigenvalue weighted by Crippen LogP contribution is 2.12. The molecule has 0 radical (unpaired) electrons. The summed E-state index contributed by atoms with van der Waals surface area (Å²) in [6.07, 6.45) is 2.08. The molecule has 3 nitrogen and oxygen atoms in total. The van der Waals surface area contributed by atoms with Crippen molar-refractivity contribution in [2.75, 3.05) is 32.4 Å². The van der Waals surface area contributed by atoms with Gasteiger partial charge in [0.05, 0.1) is 0 Å². The van der Waals surface area contributed by atoms with E-state index in [2.05, 4.69) is 10.6 Å². The molecule has 1 aromatic rings. The van der Waals surface area contributed by atoms with Crippen molar-refractivity contribution in [2.24, 2.45) is 0 Å². The van der Waals surface area contributed by atoms with Gasteiger partial charge in [0.25, 0.3) is 5.91 Å². The van der Waals surface area contributed by atoms with E-state index in [0.29, 0.717) is 0 Å². The first-order valence-electron chi connectivity index (χ1n) is 5.44. The van der Waals surface area contributed by atoms with Crippen LogP contribution in [0, 0.1) is 0 Å². The van der Waals surface area contributed by atoms with Crippen molar-refractivity contribution in [1.29, 1.82) is 0 Å². The zero-order valence-electron chi connectivity index (χ0n) is 9.43. The first-order valence-corrected chi connectivity index (χ1v) is 6.63. The SMILES string of the molecule is CSN1CCN(C(=O)c2ccccc2)CC1. The summed E-state index contributed by atoms with van der Waals surface area (Å²) in [5.41, 5.74) is 0.792. The number of benzene rings is 1. The fraction of sp³-hybridized carbons (Fsp3) is 0.417. The van der Waals surface area contributed by atoms with E-state index in [0.717, 1.165) is 31.7 Å². The predicted octanol–water partition coefficient (Wildman–Crippen LogP) is 1.72. The van der Waals surface area contributed by atoms with E-state index in [1.54, 1.807) is 11.9 Å². The van der Waals surface area contributed by atoms with Crippen molar-refractivity contribution in [1.82, 2.24) is 9.21 Å². The molecule has 0 aromatic heterocycles. The topological polar surface area (TPSA) is 23.6 Å². The fourth-order valence-electron chi connectivity index (χ4n) is 1.84. The Morgan fingerprint density at radius 3 is 2.31 bits per heavy atom. The van der Waals surface area contributed by atoms with E-state index in [9.17, 15) is 4.79 Å². The van der Waals surface area contributed by atoms with Crippen molar-refractivity contribution in [2.45, 2.75) is 0 Å². The van der Waals surface area contributed by atoms with Crippen LogP contribution in [0.2, 0.25) is 0 Å². The third-order valence-electron chi connectivity index (χ3n) is 2.80. The molecule has 1 fully saturated rings. The van der Waals surface area contributed by atoms with Crippen LogP contribution in [0.5, 0.6) is 0 Å². The minimum Gasteiger partial charge on any atom is -0.336 e. The second-order valence-electron chi connectivity index (χ2n) is 3.77. The highest BCUT2D eigenvalue weighted by atomic mass is 32.2. The molecular formula is C12H16N2OS. The lowest BCUT2D eigenvalue weighted by atomic mass is 10.2. The molecule has 1 heterocycles. The monoisotopic (exact) mass is 236 g/mol. The number of nitrogens with zero attached hydrogens (tertiary/aromatic N) is 2. The molecule has 1 aliphatic rings. The molecule has 0 bridgehead atoms. The summed E-state index contributed by atoms with van der Waals surface area (Å²) in [6.45, 7) is 3.57. The highest BCUT2D eigenvalue weighted by Gasteiger charge is 2.21. The maximum Gasteiger partial charge on any atom is 0.253 e.